The molecule has 9 heteroatoms. The van der Waals surface area contributed by atoms with Crippen molar-refractivity contribution < 1.29 is 18.0 Å². The van der Waals surface area contributed by atoms with Gasteiger partial charge in [-0.1, -0.05) is 25.7 Å². The van der Waals surface area contributed by atoms with Crippen LogP contribution in [-0.2, 0) is 11.0 Å². The fourth-order valence-corrected chi connectivity index (χ4v) is 3.41. The Labute approximate surface area is 153 Å². The fourth-order valence-electron chi connectivity index (χ4n) is 3.41. The molecule has 0 aliphatic heterocycles. The minimum atomic E-state index is -4.61. The molecule has 2 heterocycles. The number of amides is 1. The second kappa shape index (κ2) is 7.89. The summed E-state index contributed by atoms with van der Waals surface area (Å²) < 4.78 is 39.6. The summed E-state index contributed by atoms with van der Waals surface area (Å²) in [5.74, 6) is -0.0278. The van der Waals surface area contributed by atoms with E-state index in [2.05, 4.69) is 15.3 Å². The fraction of sp³-hybridized carbons (Fsp3) is 0.444. The van der Waals surface area contributed by atoms with E-state index in [9.17, 15) is 22.8 Å². The molecule has 1 N–H and O–H groups in total. The van der Waals surface area contributed by atoms with Crippen molar-refractivity contribution in [1.82, 2.24) is 14.5 Å². The number of nitrogens with one attached hydrogen (secondary N) is 1. The molecule has 27 heavy (non-hydrogen) atoms. The minimum absolute atomic E-state index is 0.221. The van der Waals surface area contributed by atoms with E-state index in [-0.39, 0.29) is 11.7 Å². The van der Waals surface area contributed by atoms with Crippen LogP contribution in [0.2, 0.25) is 0 Å². The van der Waals surface area contributed by atoms with E-state index in [4.69, 9.17) is 0 Å². The molecule has 0 saturated heterocycles. The zero-order chi connectivity index (χ0) is 19.4. The summed E-state index contributed by atoms with van der Waals surface area (Å²) in [5.41, 5.74) is -1.89. The first-order chi connectivity index (χ1) is 12.8. The van der Waals surface area contributed by atoms with E-state index in [0.29, 0.717) is 12.5 Å². The van der Waals surface area contributed by atoms with Gasteiger partial charge in [-0.25, -0.2) is 4.98 Å². The lowest BCUT2D eigenvalue weighted by atomic mass is 9.97. The van der Waals surface area contributed by atoms with Gasteiger partial charge in [-0.05, 0) is 18.4 Å². The Balaban J connectivity index is 1.89. The zero-order valence-corrected chi connectivity index (χ0v) is 14.4. The molecule has 0 aromatic carbocycles. The van der Waals surface area contributed by atoms with Gasteiger partial charge in [0.2, 0.25) is 5.91 Å². The molecule has 1 saturated carbocycles. The highest BCUT2D eigenvalue weighted by atomic mass is 19.4. The van der Waals surface area contributed by atoms with Gasteiger partial charge >= 0.3 is 6.18 Å². The third-order valence-electron chi connectivity index (χ3n) is 4.76. The van der Waals surface area contributed by atoms with Crippen molar-refractivity contribution in [3.05, 3.63) is 52.8 Å². The third kappa shape index (κ3) is 4.72. The van der Waals surface area contributed by atoms with Crippen LogP contribution in [-0.4, -0.2) is 20.4 Å². The van der Waals surface area contributed by atoms with Crippen molar-refractivity contribution >= 4 is 11.7 Å². The Hall–Kier alpha value is -2.71. The van der Waals surface area contributed by atoms with Crippen molar-refractivity contribution in [3.8, 4) is 0 Å². The molecule has 1 atom stereocenters. The molecule has 144 valence electrons. The van der Waals surface area contributed by atoms with Crippen LogP contribution in [0.4, 0.5) is 19.0 Å². The smallest absolute Gasteiger partial charge is 0.308 e. The van der Waals surface area contributed by atoms with E-state index >= 15 is 0 Å². The van der Waals surface area contributed by atoms with Crippen LogP contribution < -0.4 is 10.9 Å². The molecule has 0 radical (unpaired) electrons. The largest absolute Gasteiger partial charge is 0.416 e. The molecule has 3 rings (SSSR count). The predicted molar refractivity (Wildman–Crippen MR) is 92.0 cm³/mol. The highest BCUT2D eigenvalue weighted by Gasteiger charge is 2.33. The third-order valence-corrected chi connectivity index (χ3v) is 4.76. The summed E-state index contributed by atoms with van der Waals surface area (Å²) in [7, 11) is 0. The van der Waals surface area contributed by atoms with Gasteiger partial charge < -0.3 is 9.88 Å². The summed E-state index contributed by atoms with van der Waals surface area (Å²) >= 11 is 0. The van der Waals surface area contributed by atoms with Crippen LogP contribution >= 0.6 is 0 Å². The van der Waals surface area contributed by atoms with Crippen molar-refractivity contribution in [2.75, 3.05) is 5.32 Å². The van der Waals surface area contributed by atoms with Gasteiger partial charge in [0, 0.05) is 24.7 Å². The average molecular weight is 380 g/mol. The number of hydrogen-bond acceptors (Lipinski definition) is 4. The number of halogens is 3. The van der Waals surface area contributed by atoms with Crippen molar-refractivity contribution in [2.45, 2.75) is 44.3 Å². The highest BCUT2D eigenvalue weighted by Crippen LogP contribution is 2.33. The monoisotopic (exact) mass is 380 g/mol. The first-order valence-electron chi connectivity index (χ1n) is 8.71. The number of pyridine rings is 1. The second-order valence-corrected chi connectivity index (χ2v) is 6.64. The number of nitrogens with zero attached hydrogens (tertiary/aromatic N) is 3. The molecule has 1 fully saturated rings. The molecular weight excluding hydrogens is 361 g/mol. The van der Waals surface area contributed by atoms with Crippen molar-refractivity contribution in [2.24, 2.45) is 5.92 Å². The molecule has 2 aromatic rings. The Bertz CT molecular complexity index is 846. The first-order valence-corrected chi connectivity index (χ1v) is 8.71. The SMILES string of the molecule is O=C(Nc1cnccn1)C(CC1CCCC1)n1ccc(C(F)(F)F)cc1=O. The molecule has 1 amide bonds. The van der Waals surface area contributed by atoms with E-state index < -0.39 is 29.2 Å². The molecule has 2 aromatic heterocycles. The highest BCUT2D eigenvalue weighted by molar-refractivity contribution is 5.92. The van der Waals surface area contributed by atoms with Gasteiger partial charge in [0.05, 0.1) is 11.8 Å². The number of carbonyl (C=O) groups excluding carboxylic acids is 1. The maximum absolute atomic E-state index is 12.8. The molecule has 1 aliphatic rings. The van der Waals surface area contributed by atoms with Gasteiger partial charge in [0.1, 0.15) is 6.04 Å². The molecule has 0 spiro atoms. The van der Waals surface area contributed by atoms with E-state index in [1.165, 1.54) is 18.6 Å². The lowest BCUT2D eigenvalue weighted by Gasteiger charge is -2.22. The molecule has 1 aliphatic carbocycles. The minimum Gasteiger partial charge on any atom is -0.308 e. The maximum Gasteiger partial charge on any atom is 0.416 e. The Morgan fingerprint density at radius 3 is 2.63 bits per heavy atom. The van der Waals surface area contributed by atoms with Gasteiger partial charge in [-0.2, -0.15) is 13.2 Å². The predicted octanol–water partition coefficient (Wildman–Crippen LogP) is 3.42. The van der Waals surface area contributed by atoms with Crippen LogP contribution in [0.3, 0.4) is 0 Å². The van der Waals surface area contributed by atoms with Gasteiger partial charge in [-0.3, -0.25) is 14.6 Å². The first kappa shape index (κ1) is 19.1. The van der Waals surface area contributed by atoms with Gasteiger partial charge in [0.25, 0.3) is 5.56 Å². The summed E-state index contributed by atoms with van der Waals surface area (Å²) in [6, 6.07) is 0.431. The van der Waals surface area contributed by atoms with Crippen LogP contribution in [0.25, 0.3) is 0 Å². The number of aromatic nitrogens is 3. The van der Waals surface area contributed by atoms with Gasteiger partial charge in [-0.15, -0.1) is 0 Å². The van der Waals surface area contributed by atoms with E-state index in [0.717, 1.165) is 42.5 Å². The average Bonchev–Trinajstić information content (AvgIpc) is 3.13. The topological polar surface area (TPSA) is 76.9 Å². The summed E-state index contributed by atoms with van der Waals surface area (Å²) in [6.07, 6.45) is 5.00. The van der Waals surface area contributed by atoms with Gasteiger partial charge in [0.15, 0.2) is 5.82 Å². The van der Waals surface area contributed by atoms with Crippen molar-refractivity contribution in [1.29, 1.82) is 0 Å². The Morgan fingerprint density at radius 2 is 2.04 bits per heavy atom. The number of anilines is 1. The Morgan fingerprint density at radius 1 is 1.30 bits per heavy atom. The van der Waals surface area contributed by atoms with Crippen LogP contribution in [0.5, 0.6) is 0 Å². The number of rotatable bonds is 5. The molecule has 0 bridgehead atoms. The molecule has 6 nitrogen and oxygen atoms in total. The summed E-state index contributed by atoms with van der Waals surface area (Å²) in [4.78, 5) is 32.9. The van der Waals surface area contributed by atoms with Crippen LogP contribution in [0, 0.1) is 5.92 Å². The normalized spacial score (nSPS) is 16.3. The van der Waals surface area contributed by atoms with Crippen LogP contribution in [0.1, 0.15) is 43.7 Å². The quantitative estimate of drug-likeness (QED) is 0.862. The van der Waals surface area contributed by atoms with E-state index in [1.807, 2.05) is 0 Å². The maximum atomic E-state index is 12.8. The lowest BCUT2D eigenvalue weighted by Crippen LogP contribution is -2.34. The Kier molecular flexibility index (Phi) is 5.57. The molecule has 1 unspecified atom stereocenters. The lowest BCUT2D eigenvalue weighted by molar-refractivity contribution is -0.137. The number of hydrogen-bond donors (Lipinski definition) is 1. The van der Waals surface area contributed by atoms with Crippen molar-refractivity contribution in [3.63, 3.8) is 0 Å². The second-order valence-electron chi connectivity index (χ2n) is 6.64. The standard InChI is InChI=1S/C18H19F3N4O2/c19-18(20,21)13-5-8-25(16(26)10-13)14(9-12-3-1-2-4-12)17(27)24-15-11-22-6-7-23-15/h5-8,10-12,14H,1-4,9H2,(H,23,24,27). The zero-order valence-electron chi connectivity index (χ0n) is 14.4. The van der Waals surface area contributed by atoms with E-state index in [1.54, 1.807) is 0 Å². The summed E-state index contributed by atoms with van der Waals surface area (Å²) in [6.45, 7) is 0. The summed E-state index contributed by atoms with van der Waals surface area (Å²) in [5, 5.41) is 2.59. The molecular formula is C18H19F3N4O2. The number of alkyl halides is 3. The van der Waals surface area contributed by atoms with Crippen LogP contribution in [0.15, 0.2) is 41.7 Å². The number of carbonyl (C=O) groups is 1.